The Morgan fingerprint density at radius 3 is 2.57 bits per heavy atom. The maximum atomic E-state index is 12.5. The summed E-state index contributed by atoms with van der Waals surface area (Å²) in [6.07, 6.45) is -4.38. The van der Waals surface area contributed by atoms with Gasteiger partial charge in [0.15, 0.2) is 12.6 Å². The van der Waals surface area contributed by atoms with E-state index in [1.807, 2.05) is 26.8 Å². The lowest BCUT2D eigenvalue weighted by Crippen LogP contribution is -2.36. The minimum absolute atomic E-state index is 0.198. The smallest absolute Gasteiger partial charge is 0.422 e. The van der Waals surface area contributed by atoms with Crippen LogP contribution in [0.1, 0.15) is 33.6 Å². The molecule has 0 spiro atoms. The van der Waals surface area contributed by atoms with Crippen LogP contribution in [0.5, 0.6) is 5.75 Å². The number of thiazole rings is 1. The fraction of sp³-hybridized carbons (Fsp3) is 0.474. The van der Waals surface area contributed by atoms with Crippen LogP contribution in [-0.4, -0.2) is 30.3 Å². The Hall–Kier alpha value is -2.29. The fourth-order valence-corrected chi connectivity index (χ4v) is 3.37. The number of aromatic nitrogens is 1. The number of rotatable bonds is 7. The molecule has 0 fully saturated rings. The molecule has 0 aliphatic heterocycles. The molecule has 5 nitrogen and oxygen atoms in total. The van der Waals surface area contributed by atoms with Gasteiger partial charge in [-0.2, -0.15) is 13.2 Å². The molecule has 0 aliphatic rings. The van der Waals surface area contributed by atoms with E-state index in [-0.39, 0.29) is 12.3 Å². The summed E-state index contributed by atoms with van der Waals surface area (Å²) in [5.41, 5.74) is 2.40. The van der Waals surface area contributed by atoms with Gasteiger partial charge in [-0.3, -0.25) is 0 Å². The fourth-order valence-electron chi connectivity index (χ4n) is 2.49. The van der Waals surface area contributed by atoms with Crippen LogP contribution in [0.25, 0.3) is 0 Å². The van der Waals surface area contributed by atoms with Crippen LogP contribution in [-0.2, 0) is 13.1 Å². The van der Waals surface area contributed by atoms with Gasteiger partial charge in [0.05, 0.1) is 23.8 Å². The first-order chi connectivity index (χ1) is 13.2. The SMILES string of the molecule is CCNC(=NCc1ccc(C)cc1OCC(F)(F)F)NCc1sc(C)nc1C. The first kappa shape index (κ1) is 22.0. The van der Waals surface area contributed by atoms with Crippen LogP contribution < -0.4 is 15.4 Å². The van der Waals surface area contributed by atoms with Crippen molar-refractivity contribution in [3.8, 4) is 5.75 Å². The monoisotopic (exact) mass is 414 g/mol. The van der Waals surface area contributed by atoms with Gasteiger partial charge in [-0.25, -0.2) is 9.98 Å². The Labute approximate surface area is 167 Å². The number of alkyl halides is 3. The van der Waals surface area contributed by atoms with Gasteiger partial charge in [0.1, 0.15) is 5.75 Å². The summed E-state index contributed by atoms with van der Waals surface area (Å²) in [5.74, 6) is 0.779. The number of nitrogens with one attached hydrogen (secondary N) is 2. The van der Waals surface area contributed by atoms with E-state index in [4.69, 9.17) is 4.74 Å². The number of halogens is 3. The molecule has 9 heteroatoms. The lowest BCUT2D eigenvalue weighted by atomic mass is 10.1. The summed E-state index contributed by atoms with van der Waals surface area (Å²) in [6.45, 7) is 7.79. The first-order valence-corrected chi connectivity index (χ1v) is 9.73. The summed E-state index contributed by atoms with van der Waals surface area (Å²) in [6, 6.07) is 5.17. The van der Waals surface area contributed by atoms with Crippen molar-refractivity contribution < 1.29 is 17.9 Å². The Kier molecular flexibility index (Phi) is 7.68. The number of aryl methyl sites for hydroxylation is 3. The molecule has 0 amide bonds. The molecule has 28 heavy (non-hydrogen) atoms. The van der Waals surface area contributed by atoms with Gasteiger partial charge in [0, 0.05) is 17.0 Å². The topological polar surface area (TPSA) is 58.5 Å². The van der Waals surface area contributed by atoms with Gasteiger partial charge < -0.3 is 15.4 Å². The quantitative estimate of drug-likeness (QED) is 0.525. The molecule has 2 N–H and O–H groups in total. The Balaban J connectivity index is 2.09. The molecule has 0 bridgehead atoms. The lowest BCUT2D eigenvalue weighted by Gasteiger charge is -2.14. The van der Waals surface area contributed by atoms with Gasteiger partial charge >= 0.3 is 6.18 Å². The highest BCUT2D eigenvalue weighted by Gasteiger charge is 2.28. The maximum Gasteiger partial charge on any atom is 0.422 e. The van der Waals surface area contributed by atoms with Gasteiger partial charge in [0.2, 0.25) is 0 Å². The van der Waals surface area contributed by atoms with Crippen LogP contribution in [0.4, 0.5) is 13.2 Å². The summed E-state index contributed by atoms with van der Waals surface area (Å²) in [5, 5.41) is 7.38. The average Bonchev–Trinajstić information content (AvgIpc) is 2.93. The molecule has 154 valence electrons. The number of hydrogen-bond donors (Lipinski definition) is 2. The molecule has 2 aromatic rings. The van der Waals surface area contributed by atoms with Crippen LogP contribution in [0.2, 0.25) is 0 Å². The van der Waals surface area contributed by atoms with E-state index in [9.17, 15) is 13.2 Å². The van der Waals surface area contributed by atoms with Crippen molar-refractivity contribution >= 4 is 17.3 Å². The molecule has 0 atom stereocenters. The van der Waals surface area contributed by atoms with E-state index in [0.29, 0.717) is 24.6 Å². The van der Waals surface area contributed by atoms with Gasteiger partial charge in [-0.15, -0.1) is 11.3 Å². The van der Waals surface area contributed by atoms with Crippen LogP contribution in [0.15, 0.2) is 23.2 Å². The largest absolute Gasteiger partial charge is 0.484 e. The Morgan fingerprint density at radius 1 is 1.21 bits per heavy atom. The molecule has 0 radical (unpaired) electrons. The molecule has 0 saturated heterocycles. The molecular weight excluding hydrogens is 389 g/mol. The highest BCUT2D eigenvalue weighted by Crippen LogP contribution is 2.24. The number of benzene rings is 1. The molecule has 1 heterocycles. The molecular formula is C19H25F3N4OS. The average molecular weight is 414 g/mol. The highest BCUT2D eigenvalue weighted by atomic mass is 32.1. The third-order valence-electron chi connectivity index (χ3n) is 3.78. The van der Waals surface area contributed by atoms with E-state index < -0.39 is 12.8 Å². The van der Waals surface area contributed by atoms with Crippen LogP contribution in [0.3, 0.4) is 0 Å². The summed E-state index contributed by atoms with van der Waals surface area (Å²) < 4.78 is 42.5. The third kappa shape index (κ3) is 7.03. The maximum absolute atomic E-state index is 12.5. The molecule has 0 saturated carbocycles. The standard InChI is InChI=1S/C19H25F3N4OS/c1-5-23-18(25-10-17-13(3)26-14(4)28-17)24-9-15-7-6-12(2)8-16(15)27-11-19(20,21)22/h6-8H,5,9-11H2,1-4H3,(H2,23,24,25). The van der Waals surface area contributed by atoms with E-state index in [0.717, 1.165) is 21.1 Å². The van der Waals surface area contributed by atoms with Crippen molar-refractivity contribution in [1.82, 2.24) is 15.6 Å². The second kappa shape index (κ2) is 9.77. The third-order valence-corrected chi connectivity index (χ3v) is 4.85. The van der Waals surface area contributed by atoms with Crippen LogP contribution in [0, 0.1) is 20.8 Å². The van der Waals surface area contributed by atoms with Gasteiger partial charge in [-0.1, -0.05) is 12.1 Å². The summed E-state index contributed by atoms with van der Waals surface area (Å²) in [4.78, 5) is 10.0. The predicted molar refractivity (Wildman–Crippen MR) is 106 cm³/mol. The van der Waals surface area contributed by atoms with Crippen molar-refractivity contribution in [3.63, 3.8) is 0 Å². The Bertz CT molecular complexity index is 818. The van der Waals surface area contributed by atoms with Gasteiger partial charge in [0.25, 0.3) is 0 Å². The van der Waals surface area contributed by atoms with Crippen molar-refractivity contribution in [2.75, 3.05) is 13.2 Å². The van der Waals surface area contributed by atoms with Crippen LogP contribution >= 0.6 is 11.3 Å². The first-order valence-electron chi connectivity index (χ1n) is 8.92. The zero-order chi connectivity index (χ0) is 20.7. The lowest BCUT2D eigenvalue weighted by molar-refractivity contribution is -0.153. The molecule has 1 aromatic carbocycles. The number of nitrogens with zero attached hydrogens (tertiary/aromatic N) is 2. The second-order valence-electron chi connectivity index (χ2n) is 6.31. The van der Waals surface area contributed by atoms with Crippen molar-refractivity contribution in [1.29, 1.82) is 0 Å². The van der Waals surface area contributed by atoms with E-state index in [1.54, 1.807) is 30.4 Å². The Morgan fingerprint density at radius 2 is 1.96 bits per heavy atom. The second-order valence-corrected chi connectivity index (χ2v) is 7.59. The zero-order valence-electron chi connectivity index (χ0n) is 16.4. The van der Waals surface area contributed by atoms with E-state index >= 15 is 0 Å². The predicted octanol–water partition coefficient (Wildman–Crippen LogP) is 4.26. The zero-order valence-corrected chi connectivity index (χ0v) is 17.2. The minimum Gasteiger partial charge on any atom is -0.484 e. The number of ether oxygens (including phenoxy) is 1. The summed E-state index contributed by atoms with van der Waals surface area (Å²) >= 11 is 1.62. The number of hydrogen-bond acceptors (Lipinski definition) is 4. The van der Waals surface area contributed by atoms with E-state index in [2.05, 4.69) is 20.6 Å². The molecule has 2 rings (SSSR count). The summed E-state index contributed by atoms with van der Waals surface area (Å²) in [7, 11) is 0. The van der Waals surface area contributed by atoms with Gasteiger partial charge in [-0.05, 0) is 39.3 Å². The van der Waals surface area contributed by atoms with Crippen molar-refractivity contribution in [2.45, 2.75) is 47.0 Å². The number of guanidine groups is 1. The van der Waals surface area contributed by atoms with Crippen molar-refractivity contribution in [3.05, 3.63) is 44.9 Å². The highest BCUT2D eigenvalue weighted by molar-refractivity contribution is 7.11. The van der Waals surface area contributed by atoms with Crippen molar-refractivity contribution in [2.24, 2.45) is 4.99 Å². The minimum atomic E-state index is -4.38. The molecule has 0 unspecified atom stereocenters. The molecule has 1 aromatic heterocycles. The number of aliphatic imine (C=N–C) groups is 1. The van der Waals surface area contributed by atoms with E-state index in [1.165, 1.54) is 0 Å². The normalized spacial score (nSPS) is 12.2. The molecule has 0 aliphatic carbocycles.